The van der Waals surface area contributed by atoms with Crippen LogP contribution in [0.15, 0.2) is 30.3 Å². The lowest BCUT2D eigenvalue weighted by Crippen LogP contribution is -2.52. The zero-order valence-electron chi connectivity index (χ0n) is 20.0. The number of ether oxygens (including phenoxy) is 1. The fraction of sp³-hybridized carbons (Fsp3) is 0.615. The molecule has 0 radical (unpaired) electrons. The van der Waals surface area contributed by atoms with E-state index in [1.165, 1.54) is 11.3 Å². The molecule has 3 aliphatic rings. The number of nitrogens with zero attached hydrogens (tertiary/aromatic N) is 3. The monoisotopic (exact) mass is 469 g/mol. The maximum Gasteiger partial charge on any atom is 0.409 e. The van der Waals surface area contributed by atoms with Crippen molar-refractivity contribution in [3.05, 3.63) is 35.9 Å². The number of carbonyl (C=O) groups excluding carboxylic acids is 4. The standard InChI is InChI=1S/C26H35N3O5/c1-2-34-25(33)28-15-13-27(14-16-28)22(30)17-26(21-11-7-4-8-12-21)18-23(31)29(24(26)32)19-20-9-5-3-6-10-20/h4,7-8,11-12,20H,2-3,5-6,9-10,13-19H2,1H3/t26-/m1/s1. The Labute approximate surface area is 201 Å². The maximum atomic E-state index is 13.8. The third-order valence-electron chi connectivity index (χ3n) is 7.51. The van der Waals surface area contributed by atoms with E-state index >= 15 is 0 Å². The highest BCUT2D eigenvalue weighted by atomic mass is 16.6. The lowest BCUT2D eigenvalue weighted by atomic mass is 9.75. The summed E-state index contributed by atoms with van der Waals surface area (Å²) in [4.78, 5) is 57.0. The summed E-state index contributed by atoms with van der Waals surface area (Å²) in [6.07, 6.45) is 5.19. The molecule has 4 rings (SSSR count). The van der Waals surface area contributed by atoms with Crippen molar-refractivity contribution in [1.29, 1.82) is 0 Å². The molecule has 1 saturated carbocycles. The third kappa shape index (κ3) is 4.95. The van der Waals surface area contributed by atoms with Gasteiger partial charge in [-0.25, -0.2) is 4.79 Å². The Morgan fingerprint density at radius 1 is 0.971 bits per heavy atom. The van der Waals surface area contributed by atoms with Crippen molar-refractivity contribution in [2.45, 2.75) is 57.3 Å². The fourth-order valence-electron chi connectivity index (χ4n) is 5.56. The Kier molecular flexibility index (Phi) is 7.54. The van der Waals surface area contributed by atoms with Gasteiger partial charge in [-0.2, -0.15) is 0 Å². The lowest BCUT2D eigenvalue weighted by Gasteiger charge is -2.36. The van der Waals surface area contributed by atoms with Gasteiger partial charge in [-0.05, 0) is 31.2 Å². The van der Waals surface area contributed by atoms with E-state index in [0.717, 1.165) is 31.2 Å². The topological polar surface area (TPSA) is 87.2 Å². The second kappa shape index (κ2) is 10.6. The molecule has 0 N–H and O–H groups in total. The van der Waals surface area contributed by atoms with Crippen molar-refractivity contribution in [1.82, 2.24) is 14.7 Å². The molecule has 0 bridgehead atoms. The molecule has 0 spiro atoms. The summed E-state index contributed by atoms with van der Waals surface area (Å²) in [5.74, 6) is -0.236. The molecule has 8 nitrogen and oxygen atoms in total. The fourth-order valence-corrected chi connectivity index (χ4v) is 5.56. The molecule has 2 saturated heterocycles. The summed E-state index contributed by atoms with van der Waals surface area (Å²) < 4.78 is 5.05. The number of rotatable bonds is 6. The zero-order chi connectivity index (χ0) is 24.1. The first kappa shape index (κ1) is 24.2. The Morgan fingerprint density at radius 2 is 1.62 bits per heavy atom. The molecule has 184 valence electrons. The molecule has 1 aliphatic carbocycles. The van der Waals surface area contributed by atoms with Gasteiger partial charge in [-0.1, -0.05) is 49.6 Å². The molecule has 8 heteroatoms. The molecule has 0 unspecified atom stereocenters. The largest absolute Gasteiger partial charge is 0.450 e. The second-order valence-corrected chi connectivity index (χ2v) is 9.68. The van der Waals surface area contributed by atoms with Gasteiger partial charge in [-0.15, -0.1) is 0 Å². The normalized spacial score (nSPS) is 24.0. The van der Waals surface area contributed by atoms with Crippen LogP contribution in [0.2, 0.25) is 0 Å². The predicted molar refractivity (Wildman–Crippen MR) is 126 cm³/mol. The van der Waals surface area contributed by atoms with Crippen LogP contribution >= 0.6 is 0 Å². The van der Waals surface area contributed by atoms with E-state index in [0.29, 0.717) is 45.2 Å². The molecule has 34 heavy (non-hydrogen) atoms. The first-order chi connectivity index (χ1) is 16.4. The molecule has 4 amide bonds. The van der Waals surface area contributed by atoms with Gasteiger partial charge in [0.2, 0.25) is 17.7 Å². The van der Waals surface area contributed by atoms with Crippen LogP contribution in [0.3, 0.4) is 0 Å². The van der Waals surface area contributed by atoms with Gasteiger partial charge >= 0.3 is 6.09 Å². The van der Waals surface area contributed by atoms with E-state index in [1.54, 1.807) is 16.7 Å². The van der Waals surface area contributed by atoms with E-state index in [-0.39, 0.29) is 36.7 Å². The molecular weight excluding hydrogens is 434 g/mol. The summed E-state index contributed by atoms with van der Waals surface area (Å²) in [5.41, 5.74) is -0.444. The molecule has 1 aromatic rings. The summed E-state index contributed by atoms with van der Waals surface area (Å²) in [7, 11) is 0. The minimum absolute atomic E-state index is 0.0249. The van der Waals surface area contributed by atoms with Gasteiger partial charge < -0.3 is 14.5 Å². The number of likely N-dealkylation sites (tertiary alicyclic amines) is 1. The van der Waals surface area contributed by atoms with Crippen LogP contribution in [0, 0.1) is 5.92 Å². The van der Waals surface area contributed by atoms with Crippen LogP contribution < -0.4 is 0 Å². The van der Waals surface area contributed by atoms with E-state index in [9.17, 15) is 19.2 Å². The quantitative estimate of drug-likeness (QED) is 0.598. The lowest BCUT2D eigenvalue weighted by molar-refractivity contribution is -0.143. The van der Waals surface area contributed by atoms with Crippen LogP contribution in [-0.4, -0.2) is 77.8 Å². The minimum Gasteiger partial charge on any atom is -0.450 e. The number of benzene rings is 1. The zero-order valence-corrected chi connectivity index (χ0v) is 20.0. The second-order valence-electron chi connectivity index (χ2n) is 9.68. The third-order valence-corrected chi connectivity index (χ3v) is 7.51. The number of hydrogen-bond donors (Lipinski definition) is 0. The van der Waals surface area contributed by atoms with Gasteiger partial charge in [0.1, 0.15) is 0 Å². The maximum absolute atomic E-state index is 13.8. The molecular formula is C26H35N3O5. The number of piperazine rings is 1. The first-order valence-corrected chi connectivity index (χ1v) is 12.5. The minimum atomic E-state index is -1.16. The average molecular weight is 470 g/mol. The highest BCUT2D eigenvalue weighted by Crippen LogP contribution is 2.41. The van der Waals surface area contributed by atoms with Gasteiger partial charge in [0, 0.05) is 45.6 Å². The number of imide groups is 1. The van der Waals surface area contributed by atoms with Gasteiger partial charge in [-0.3, -0.25) is 19.3 Å². The number of hydrogen-bond acceptors (Lipinski definition) is 5. The van der Waals surface area contributed by atoms with Crippen molar-refractivity contribution in [2.24, 2.45) is 5.92 Å². The Balaban J connectivity index is 1.50. The molecule has 0 aromatic heterocycles. The summed E-state index contributed by atoms with van der Waals surface area (Å²) in [6, 6.07) is 9.26. The van der Waals surface area contributed by atoms with E-state index in [2.05, 4.69) is 0 Å². The SMILES string of the molecule is CCOC(=O)N1CCN(C(=O)C[C@]2(c3ccccc3)CC(=O)N(CC3CCCCC3)C2=O)CC1. The summed E-state index contributed by atoms with van der Waals surface area (Å²) >= 11 is 0. The number of amides is 4. The van der Waals surface area contributed by atoms with Crippen molar-refractivity contribution >= 4 is 23.8 Å². The molecule has 2 aliphatic heterocycles. The van der Waals surface area contributed by atoms with Crippen molar-refractivity contribution in [3.63, 3.8) is 0 Å². The predicted octanol–water partition coefficient (Wildman–Crippen LogP) is 2.95. The van der Waals surface area contributed by atoms with Crippen LogP contribution in [-0.2, 0) is 24.5 Å². The molecule has 1 aromatic carbocycles. The Hall–Kier alpha value is -2.90. The first-order valence-electron chi connectivity index (χ1n) is 12.5. The van der Waals surface area contributed by atoms with Crippen LogP contribution in [0.4, 0.5) is 4.79 Å². The van der Waals surface area contributed by atoms with Crippen molar-refractivity contribution in [2.75, 3.05) is 39.3 Å². The molecule has 2 heterocycles. The summed E-state index contributed by atoms with van der Waals surface area (Å²) in [6.45, 7) is 4.09. The van der Waals surface area contributed by atoms with Gasteiger partial charge in [0.05, 0.1) is 12.0 Å². The van der Waals surface area contributed by atoms with E-state index in [4.69, 9.17) is 4.74 Å². The van der Waals surface area contributed by atoms with Gasteiger partial charge in [0.15, 0.2) is 0 Å². The van der Waals surface area contributed by atoms with E-state index in [1.807, 2.05) is 30.3 Å². The highest BCUT2D eigenvalue weighted by molar-refractivity contribution is 6.10. The van der Waals surface area contributed by atoms with E-state index < -0.39 is 5.41 Å². The average Bonchev–Trinajstić information content (AvgIpc) is 3.10. The smallest absolute Gasteiger partial charge is 0.409 e. The summed E-state index contributed by atoms with van der Waals surface area (Å²) in [5, 5.41) is 0. The van der Waals surface area contributed by atoms with Gasteiger partial charge in [0.25, 0.3) is 0 Å². The van der Waals surface area contributed by atoms with Crippen LogP contribution in [0.5, 0.6) is 0 Å². The molecule has 3 fully saturated rings. The van der Waals surface area contributed by atoms with Crippen molar-refractivity contribution < 1.29 is 23.9 Å². The Morgan fingerprint density at radius 3 is 2.26 bits per heavy atom. The number of carbonyl (C=O) groups is 4. The Bertz CT molecular complexity index is 906. The molecule has 1 atom stereocenters. The highest BCUT2D eigenvalue weighted by Gasteiger charge is 2.54. The van der Waals surface area contributed by atoms with Crippen LogP contribution in [0.1, 0.15) is 57.4 Å². The van der Waals surface area contributed by atoms with Crippen LogP contribution in [0.25, 0.3) is 0 Å². The van der Waals surface area contributed by atoms with Crippen molar-refractivity contribution in [3.8, 4) is 0 Å².